The minimum absolute atomic E-state index is 0.0522. The van der Waals surface area contributed by atoms with E-state index in [1.807, 2.05) is 25.1 Å². The molecule has 0 saturated heterocycles. The molecule has 5 nitrogen and oxygen atoms in total. The highest BCUT2D eigenvalue weighted by molar-refractivity contribution is 5.53. The van der Waals surface area contributed by atoms with Gasteiger partial charge in [0.1, 0.15) is 0 Å². The number of benzene rings is 2. The fraction of sp³-hybridized carbons (Fsp3) is 0.211. The van der Waals surface area contributed by atoms with E-state index in [4.69, 9.17) is 4.74 Å². The minimum Gasteiger partial charge on any atom is -0.483 e. The number of nitro groups is 1. The summed E-state index contributed by atoms with van der Waals surface area (Å²) in [6.45, 7) is 2.48. The molecule has 2 aromatic carbocycles. The van der Waals surface area contributed by atoms with E-state index in [1.54, 1.807) is 12.1 Å². The van der Waals surface area contributed by atoms with Crippen LogP contribution in [0.5, 0.6) is 0 Å². The predicted molar refractivity (Wildman–Crippen MR) is 93.3 cm³/mol. The predicted octanol–water partition coefficient (Wildman–Crippen LogP) is 4.23. The zero-order valence-corrected chi connectivity index (χ0v) is 13.4. The Hall–Kier alpha value is -2.95. The lowest BCUT2D eigenvalue weighted by atomic mass is 9.82. The van der Waals surface area contributed by atoms with Gasteiger partial charge in [0, 0.05) is 30.2 Å². The molecule has 0 fully saturated rings. The lowest BCUT2D eigenvalue weighted by Crippen LogP contribution is -2.10. The maximum Gasteiger partial charge on any atom is 0.269 e. The van der Waals surface area contributed by atoms with E-state index in [1.165, 1.54) is 18.0 Å². The molecule has 0 heterocycles. The van der Waals surface area contributed by atoms with Gasteiger partial charge in [0.15, 0.2) is 6.40 Å². The number of nitrogens with zero attached hydrogens (tertiary/aromatic N) is 2. The summed E-state index contributed by atoms with van der Waals surface area (Å²) in [5, 5.41) is 11.1. The molecule has 0 radical (unpaired) electrons. The monoisotopic (exact) mass is 322 g/mol. The van der Waals surface area contributed by atoms with Gasteiger partial charge in [-0.15, -0.1) is 0 Å². The molecule has 0 aliphatic heterocycles. The lowest BCUT2D eigenvalue weighted by Gasteiger charge is -2.23. The van der Waals surface area contributed by atoms with Gasteiger partial charge in [0.25, 0.3) is 5.69 Å². The number of non-ortho nitro benzene ring substituents is 1. The van der Waals surface area contributed by atoms with E-state index in [0.29, 0.717) is 6.61 Å². The SMILES string of the molecule is CCOC=NC1=CC(c2cccc([N+](=O)[O-])c2)c2ccccc2C1. The number of rotatable bonds is 5. The molecule has 1 unspecified atom stereocenters. The number of fused-ring (bicyclic) bond motifs is 1. The molecule has 1 atom stereocenters. The fourth-order valence-corrected chi connectivity index (χ4v) is 2.91. The van der Waals surface area contributed by atoms with Gasteiger partial charge in [-0.25, -0.2) is 4.99 Å². The summed E-state index contributed by atoms with van der Waals surface area (Å²) in [6, 6.07) is 14.9. The second kappa shape index (κ2) is 7.08. The Morgan fingerprint density at radius 2 is 2.12 bits per heavy atom. The van der Waals surface area contributed by atoms with Crippen molar-refractivity contribution >= 4 is 12.1 Å². The molecule has 24 heavy (non-hydrogen) atoms. The third-order valence-corrected chi connectivity index (χ3v) is 4.02. The minimum atomic E-state index is -0.365. The van der Waals surface area contributed by atoms with Crippen molar-refractivity contribution in [2.75, 3.05) is 6.61 Å². The highest BCUT2D eigenvalue weighted by Crippen LogP contribution is 2.36. The molecule has 0 bridgehead atoms. The Morgan fingerprint density at radius 1 is 1.29 bits per heavy atom. The van der Waals surface area contributed by atoms with Gasteiger partial charge in [-0.05, 0) is 23.6 Å². The molecule has 1 aliphatic carbocycles. The molecule has 0 saturated carbocycles. The van der Waals surface area contributed by atoms with Gasteiger partial charge in [0.05, 0.1) is 11.5 Å². The number of hydrogen-bond donors (Lipinski definition) is 0. The molecular weight excluding hydrogens is 304 g/mol. The quantitative estimate of drug-likeness (QED) is 0.358. The Morgan fingerprint density at radius 3 is 2.92 bits per heavy atom. The maximum absolute atomic E-state index is 11.1. The smallest absolute Gasteiger partial charge is 0.269 e. The highest BCUT2D eigenvalue weighted by Gasteiger charge is 2.22. The van der Waals surface area contributed by atoms with Gasteiger partial charge >= 0.3 is 0 Å². The molecule has 2 aromatic rings. The van der Waals surface area contributed by atoms with Crippen molar-refractivity contribution < 1.29 is 9.66 Å². The van der Waals surface area contributed by atoms with Crippen LogP contribution in [-0.4, -0.2) is 17.9 Å². The second-order valence-electron chi connectivity index (χ2n) is 5.55. The molecular formula is C19H18N2O3. The summed E-state index contributed by atoms with van der Waals surface area (Å²) >= 11 is 0. The molecule has 0 spiro atoms. The molecule has 3 rings (SSSR count). The van der Waals surface area contributed by atoms with Crippen LogP contribution in [0.15, 0.2) is 65.3 Å². The third kappa shape index (κ3) is 3.35. The molecule has 122 valence electrons. The Balaban J connectivity index is 2.03. The molecule has 0 amide bonds. The van der Waals surface area contributed by atoms with E-state index in [2.05, 4.69) is 23.2 Å². The Labute approximate surface area is 140 Å². The van der Waals surface area contributed by atoms with Gasteiger partial charge in [-0.1, -0.05) is 42.5 Å². The van der Waals surface area contributed by atoms with Crippen molar-refractivity contribution in [1.29, 1.82) is 0 Å². The van der Waals surface area contributed by atoms with Crippen molar-refractivity contribution in [2.24, 2.45) is 4.99 Å². The maximum atomic E-state index is 11.1. The first-order chi connectivity index (χ1) is 11.7. The van der Waals surface area contributed by atoms with Crippen LogP contribution in [0.3, 0.4) is 0 Å². The van der Waals surface area contributed by atoms with Crippen LogP contribution in [0.1, 0.15) is 29.5 Å². The molecule has 0 N–H and O–H groups in total. The molecule has 0 aromatic heterocycles. The van der Waals surface area contributed by atoms with E-state index in [-0.39, 0.29) is 16.5 Å². The Kier molecular flexibility index (Phi) is 4.70. The Bertz CT molecular complexity index is 812. The van der Waals surface area contributed by atoms with Crippen molar-refractivity contribution in [3.05, 3.63) is 87.1 Å². The van der Waals surface area contributed by atoms with Crippen LogP contribution >= 0.6 is 0 Å². The highest BCUT2D eigenvalue weighted by atomic mass is 16.6. The van der Waals surface area contributed by atoms with E-state index in [9.17, 15) is 10.1 Å². The number of ether oxygens (including phenoxy) is 1. The van der Waals surface area contributed by atoms with Gasteiger partial charge in [-0.2, -0.15) is 0 Å². The van der Waals surface area contributed by atoms with Crippen molar-refractivity contribution in [2.45, 2.75) is 19.3 Å². The molecule has 1 aliphatic rings. The van der Waals surface area contributed by atoms with Gasteiger partial charge < -0.3 is 4.74 Å². The topological polar surface area (TPSA) is 64.7 Å². The van der Waals surface area contributed by atoms with Crippen molar-refractivity contribution in [3.63, 3.8) is 0 Å². The first kappa shape index (κ1) is 15.9. The van der Waals surface area contributed by atoms with Crippen molar-refractivity contribution in [3.8, 4) is 0 Å². The first-order valence-corrected chi connectivity index (χ1v) is 7.86. The van der Waals surface area contributed by atoms with Crippen LogP contribution in [0, 0.1) is 10.1 Å². The van der Waals surface area contributed by atoms with E-state index in [0.717, 1.165) is 23.2 Å². The largest absolute Gasteiger partial charge is 0.483 e. The lowest BCUT2D eigenvalue weighted by molar-refractivity contribution is -0.384. The number of aliphatic imine (C=N–C) groups is 1. The normalized spacial score (nSPS) is 16.5. The van der Waals surface area contributed by atoms with Gasteiger partial charge in [-0.3, -0.25) is 10.1 Å². The van der Waals surface area contributed by atoms with Crippen LogP contribution in [-0.2, 0) is 11.2 Å². The second-order valence-corrected chi connectivity index (χ2v) is 5.55. The van der Waals surface area contributed by atoms with Gasteiger partial charge in [0.2, 0.25) is 0 Å². The number of allylic oxidation sites excluding steroid dienone is 2. The van der Waals surface area contributed by atoms with Crippen LogP contribution in [0.2, 0.25) is 0 Å². The van der Waals surface area contributed by atoms with Crippen molar-refractivity contribution in [1.82, 2.24) is 0 Å². The number of hydrogen-bond acceptors (Lipinski definition) is 4. The van der Waals surface area contributed by atoms with E-state index >= 15 is 0 Å². The average molecular weight is 322 g/mol. The summed E-state index contributed by atoms with van der Waals surface area (Å²) in [7, 11) is 0. The summed E-state index contributed by atoms with van der Waals surface area (Å²) in [5.74, 6) is -0.0522. The van der Waals surface area contributed by atoms with Crippen LogP contribution in [0.4, 0.5) is 5.69 Å². The average Bonchev–Trinajstić information content (AvgIpc) is 2.61. The third-order valence-electron chi connectivity index (χ3n) is 4.02. The zero-order chi connectivity index (χ0) is 16.9. The number of nitro benzene ring substituents is 1. The molecule has 5 heteroatoms. The standard InChI is InChI=1S/C19H18N2O3/c1-2-24-13-20-16-10-14-6-3-4-9-18(14)19(12-16)15-7-5-8-17(11-15)21(22)23/h3-9,11-13,19H,2,10H2,1H3. The van der Waals surface area contributed by atoms with Crippen LogP contribution in [0.25, 0.3) is 0 Å². The summed E-state index contributed by atoms with van der Waals surface area (Å²) in [5.41, 5.74) is 4.23. The summed E-state index contributed by atoms with van der Waals surface area (Å²) < 4.78 is 5.19. The summed E-state index contributed by atoms with van der Waals surface area (Å²) in [4.78, 5) is 15.1. The zero-order valence-electron chi connectivity index (χ0n) is 13.4. The van der Waals surface area contributed by atoms with E-state index < -0.39 is 0 Å². The summed E-state index contributed by atoms with van der Waals surface area (Å²) in [6.07, 6.45) is 4.24. The van der Waals surface area contributed by atoms with Crippen LogP contribution < -0.4 is 0 Å². The fourth-order valence-electron chi connectivity index (χ4n) is 2.91. The first-order valence-electron chi connectivity index (χ1n) is 7.86.